The number of ether oxygens (including phenoxy) is 1. The number of hydrogen-bond acceptors (Lipinski definition) is 6. The number of carbonyl (C=O) groups is 1. The average molecular weight is 449 g/mol. The number of halogens is 3. The zero-order chi connectivity index (χ0) is 23.3. The van der Waals surface area contributed by atoms with Gasteiger partial charge in [-0.3, -0.25) is 4.90 Å². The van der Waals surface area contributed by atoms with E-state index in [1.54, 1.807) is 11.8 Å². The number of nitrogens with zero attached hydrogens (tertiary/aromatic N) is 3. The van der Waals surface area contributed by atoms with Crippen molar-refractivity contribution in [2.75, 3.05) is 17.2 Å². The third-order valence-corrected chi connectivity index (χ3v) is 5.49. The van der Waals surface area contributed by atoms with E-state index in [4.69, 9.17) is 4.74 Å². The van der Waals surface area contributed by atoms with Crippen molar-refractivity contribution in [2.45, 2.75) is 64.4 Å². The molecule has 0 unspecified atom stereocenters. The Morgan fingerprint density at radius 2 is 1.88 bits per heavy atom. The fourth-order valence-electron chi connectivity index (χ4n) is 4.32. The summed E-state index contributed by atoms with van der Waals surface area (Å²) >= 11 is 0. The first-order valence-electron chi connectivity index (χ1n) is 10.6. The summed E-state index contributed by atoms with van der Waals surface area (Å²) in [4.78, 5) is 22.4. The SMILES string of the molecule is CCNc1nc(Nc2ccc3c(c2)[C@H]2CC[C@@H]3N2C(=O)OC(C)(C)C)ncc1C(F)(F)F. The molecule has 2 aliphatic rings. The van der Waals surface area contributed by atoms with Crippen molar-refractivity contribution in [3.8, 4) is 0 Å². The Hall–Kier alpha value is -3.04. The number of fused-ring (bicyclic) bond motifs is 5. The second-order valence-corrected chi connectivity index (χ2v) is 8.95. The second kappa shape index (κ2) is 7.83. The van der Waals surface area contributed by atoms with Gasteiger partial charge in [0.1, 0.15) is 17.0 Å². The number of nitrogens with one attached hydrogen (secondary N) is 2. The summed E-state index contributed by atoms with van der Waals surface area (Å²) in [6.45, 7) is 7.50. The van der Waals surface area contributed by atoms with Gasteiger partial charge in [-0.2, -0.15) is 18.2 Å². The van der Waals surface area contributed by atoms with Crippen LogP contribution in [-0.4, -0.2) is 33.1 Å². The van der Waals surface area contributed by atoms with Gasteiger partial charge >= 0.3 is 12.3 Å². The van der Waals surface area contributed by atoms with E-state index in [0.29, 0.717) is 12.2 Å². The number of alkyl halides is 3. The molecule has 32 heavy (non-hydrogen) atoms. The number of hydrogen-bond donors (Lipinski definition) is 2. The molecule has 4 rings (SSSR count). The molecule has 7 nitrogen and oxygen atoms in total. The van der Waals surface area contributed by atoms with Crippen molar-refractivity contribution < 1.29 is 22.7 Å². The van der Waals surface area contributed by atoms with Gasteiger partial charge in [0.2, 0.25) is 5.95 Å². The fourth-order valence-corrected chi connectivity index (χ4v) is 4.32. The molecule has 1 aromatic heterocycles. The Labute approximate surface area is 184 Å². The van der Waals surface area contributed by atoms with E-state index in [9.17, 15) is 18.0 Å². The zero-order valence-corrected chi connectivity index (χ0v) is 18.4. The van der Waals surface area contributed by atoms with Crippen LogP contribution in [0.15, 0.2) is 24.4 Å². The Bertz CT molecular complexity index is 1040. The number of amides is 1. The first-order valence-corrected chi connectivity index (χ1v) is 10.6. The van der Waals surface area contributed by atoms with E-state index < -0.39 is 17.3 Å². The summed E-state index contributed by atoms with van der Waals surface area (Å²) in [5, 5.41) is 5.63. The Morgan fingerprint density at radius 3 is 2.50 bits per heavy atom. The maximum Gasteiger partial charge on any atom is 0.421 e. The van der Waals surface area contributed by atoms with Crippen LogP contribution in [0, 0.1) is 0 Å². The molecule has 2 atom stereocenters. The lowest BCUT2D eigenvalue weighted by Crippen LogP contribution is -2.34. The van der Waals surface area contributed by atoms with Crippen molar-refractivity contribution >= 4 is 23.5 Å². The van der Waals surface area contributed by atoms with Gasteiger partial charge in [-0.1, -0.05) is 6.07 Å². The first-order chi connectivity index (χ1) is 15.0. The van der Waals surface area contributed by atoms with E-state index >= 15 is 0 Å². The van der Waals surface area contributed by atoms with Gasteiger partial charge in [0.05, 0.1) is 12.1 Å². The van der Waals surface area contributed by atoms with Gasteiger partial charge in [-0.15, -0.1) is 0 Å². The quantitative estimate of drug-likeness (QED) is 0.614. The number of aromatic nitrogens is 2. The molecule has 172 valence electrons. The lowest BCUT2D eigenvalue weighted by Gasteiger charge is -2.27. The van der Waals surface area contributed by atoms with Crippen LogP contribution in [0.4, 0.5) is 35.4 Å². The Morgan fingerprint density at radius 1 is 1.19 bits per heavy atom. The fraction of sp³-hybridized carbons (Fsp3) is 0.500. The average Bonchev–Trinajstić information content (AvgIpc) is 3.23. The second-order valence-electron chi connectivity index (χ2n) is 8.95. The van der Waals surface area contributed by atoms with Crippen LogP contribution in [0.5, 0.6) is 0 Å². The minimum absolute atomic E-state index is 0.0263. The van der Waals surface area contributed by atoms with E-state index in [1.165, 1.54) is 0 Å². The van der Waals surface area contributed by atoms with Crippen LogP contribution >= 0.6 is 0 Å². The van der Waals surface area contributed by atoms with Crippen molar-refractivity contribution in [1.29, 1.82) is 0 Å². The number of anilines is 3. The number of benzene rings is 1. The van der Waals surface area contributed by atoms with E-state index in [0.717, 1.165) is 30.2 Å². The smallest absolute Gasteiger partial charge is 0.421 e. The molecular weight excluding hydrogens is 423 g/mol. The Balaban J connectivity index is 1.57. The summed E-state index contributed by atoms with van der Waals surface area (Å²) in [5.41, 5.74) is 1.23. The van der Waals surface area contributed by atoms with E-state index in [-0.39, 0.29) is 29.9 Å². The highest BCUT2D eigenvalue weighted by atomic mass is 19.4. The van der Waals surface area contributed by atoms with Gasteiger partial charge < -0.3 is 15.4 Å². The van der Waals surface area contributed by atoms with Gasteiger partial charge in [0.15, 0.2) is 0 Å². The molecule has 2 aromatic rings. The van der Waals surface area contributed by atoms with Gasteiger partial charge in [0.25, 0.3) is 0 Å². The summed E-state index contributed by atoms with van der Waals surface area (Å²) in [7, 11) is 0. The van der Waals surface area contributed by atoms with Crippen LogP contribution in [0.25, 0.3) is 0 Å². The van der Waals surface area contributed by atoms with E-state index in [2.05, 4.69) is 20.6 Å². The summed E-state index contributed by atoms with van der Waals surface area (Å²) in [5.74, 6) is -0.213. The first kappa shape index (κ1) is 22.2. The van der Waals surface area contributed by atoms with Crippen molar-refractivity contribution in [2.24, 2.45) is 0 Å². The van der Waals surface area contributed by atoms with Crippen LogP contribution in [0.3, 0.4) is 0 Å². The molecule has 3 heterocycles. The van der Waals surface area contributed by atoms with Gasteiger partial charge in [-0.25, -0.2) is 9.78 Å². The number of carbonyl (C=O) groups excluding carboxylic acids is 1. The lowest BCUT2D eigenvalue weighted by molar-refractivity contribution is -0.137. The lowest BCUT2D eigenvalue weighted by atomic mass is 9.91. The van der Waals surface area contributed by atoms with Crippen LogP contribution < -0.4 is 10.6 Å². The monoisotopic (exact) mass is 449 g/mol. The largest absolute Gasteiger partial charge is 0.444 e. The van der Waals surface area contributed by atoms with Gasteiger partial charge in [-0.05, 0) is 63.8 Å². The molecule has 0 aliphatic carbocycles. The predicted molar refractivity (Wildman–Crippen MR) is 114 cm³/mol. The molecule has 1 fully saturated rings. The highest BCUT2D eigenvalue weighted by Crippen LogP contribution is 2.54. The standard InChI is InChI=1S/C22H26F3N5O2/c1-5-26-18-15(22(23,24)25)11-27-19(29-18)28-12-6-7-13-14(10-12)17-9-8-16(13)30(17)20(31)32-21(2,3)4/h6-7,10-11,16-17H,5,8-9H2,1-4H3,(H2,26,27,28,29)/t16-,17+/m0/s1. The van der Waals surface area contributed by atoms with Crippen LogP contribution in [0.1, 0.15) is 69.3 Å². The third kappa shape index (κ3) is 4.18. The third-order valence-electron chi connectivity index (χ3n) is 5.49. The minimum atomic E-state index is -4.55. The molecule has 1 amide bonds. The summed E-state index contributed by atoms with van der Waals surface area (Å²) < 4.78 is 45.2. The molecule has 0 radical (unpaired) electrons. The molecule has 2 aliphatic heterocycles. The van der Waals surface area contributed by atoms with Crippen LogP contribution in [0.2, 0.25) is 0 Å². The molecule has 10 heteroatoms. The summed E-state index contributed by atoms with van der Waals surface area (Å²) in [6.07, 6.45) is -2.41. The molecule has 2 bridgehead atoms. The van der Waals surface area contributed by atoms with Crippen molar-refractivity contribution in [1.82, 2.24) is 14.9 Å². The molecule has 0 spiro atoms. The molecule has 0 saturated carbocycles. The topological polar surface area (TPSA) is 79.4 Å². The minimum Gasteiger partial charge on any atom is -0.444 e. The van der Waals surface area contributed by atoms with Crippen molar-refractivity contribution in [3.63, 3.8) is 0 Å². The molecule has 2 N–H and O–H groups in total. The normalized spacial score (nSPS) is 19.7. The van der Waals surface area contributed by atoms with Crippen LogP contribution in [-0.2, 0) is 10.9 Å². The number of rotatable bonds is 4. The highest BCUT2D eigenvalue weighted by molar-refractivity contribution is 5.73. The highest BCUT2D eigenvalue weighted by Gasteiger charge is 2.48. The van der Waals surface area contributed by atoms with E-state index in [1.807, 2.05) is 39.0 Å². The molecule has 1 saturated heterocycles. The Kier molecular flexibility index (Phi) is 5.42. The molecular formula is C22H26F3N5O2. The van der Waals surface area contributed by atoms with Gasteiger partial charge in [0, 0.05) is 18.4 Å². The van der Waals surface area contributed by atoms with Crippen molar-refractivity contribution in [3.05, 3.63) is 41.1 Å². The summed E-state index contributed by atoms with van der Waals surface area (Å²) in [6, 6.07) is 5.55. The molecule has 1 aromatic carbocycles. The maximum atomic E-state index is 13.2. The maximum absolute atomic E-state index is 13.2. The predicted octanol–water partition coefficient (Wildman–Crippen LogP) is 5.80. The zero-order valence-electron chi connectivity index (χ0n) is 18.4.